The Balaban J connectivity index is 2.24. The highest BCUT2D eigenvalue weighted by Gasteiger charge is 2.14. The molecule has 1 rings (SSSR count). The Morgan fingerprint density at radius 3 is 2.48 bits per heavy atom. The van der Waals surface area contributed by atoms with Gasteiger partial charge in [-0.15, -0.1) is 0 Å². The number of esters is 1. The summed E-state index contributed by atoms with van der Waals surface area (Å²) in [5.74, 6) is -1.43. The molecule has 0 saturated heterocycles. The Morgan fingerprint density at radius 2 is 1.86 bits per heavy atom. The molecule has 0 saturated carbocycles. The molecule has 2 amide bonds. The number of amides is 2. The molecule has 0 aliphatic rings. The largest absolute Gasteiger partial charge is 0.461 e. The Bertz CT molecular complexity index is 488. The van der Waals surface area contributed by atoms with Gasteiger partial charge in [0.25, 0.3) is 0 Å². The van der Waals surface area contributed by atoms with Crippen LogP contribution in [0.3, 0.4) is 0 Å². The number of nitrogens with one attached hydrogen (secondary N) is 1. The number of rotatable bonds is 8. The average Bonchev–Trinajstić information content (AvgIpc) is 2.44. The van der Waals surface area contributed by atoms with Crippen molar-refractivity contribution in [1.82, 2.24) is 5.32 Å². The van der Waals surface area contributed by atoms with Crippen molar-refractivity contribution in [2.75, 3.05) is 6.54 Å². The zero-order valence-corrected chi connectivity index (χ0v) is 12.0. The van der Waals surface area contributed by atoms with Gasteiger partial charge in [-0.2, -0.15) is 0 Å². The van der Waals surface area contributed by atoms with Gasteiger partial charge in [0, 0.05) is 12.8 Å². The fourth-order valence-electron chi connectivity index (χ4n) is 1.73. The van der Waals surface area contributed by atoms with Gasteiger partial charge in [-0.05, 0) is 11.5 Å². The molecule has 1 aromatic carbocycles. The summed E-state index contributed by atoms with van der Waals surface area (Å²) >= 11 is 0. The molecule has 6 nitrogen and oxygen atoms in total. The van der Waals surface area contributed by atoms with E-state index in [1.165, 1.54) is 0 Å². The first-order chi connectivity index (χ1) is 9.97. The molecular formula is C15H20N2O4. The van der Waals surface area contributed by atoms with Crippen molar-refractivity contribution in [2.24, 2.45) is 11.7 Å². The predicted octanol–water partition coefficient (Wildman–Crippen LogP) is 0.748. The summed E-state index contributed by atoms with van der Waals surface area (Å²) in [6.07, 6.45) is 0.296. The summed E-state index contributed by atoms with van der Waals surface area (Å²) in [5, 5.41) is 2.38. The third-order valence-corrected chi connectivity index (χ3v) is 2.75. The van der Waals surface area contributed by atoms with Crippen LogP contribution in [0.1, 0.15) is 25.3 Å². The SMILES string of the molecule is CC(CC(=O)NCC(N)=O)CC(=O)OCc1ccccc1. The summed E-state index contributed by atoms with van der Waals surface area (Å²) in [7, 11) is 0. The first kappa shape index (κ1) is 16.7. The average molecular weight is 292 g/mol. The van der Waals surface area contributed by atoms with Crippen LogP contribution in [0.5, 0.6) is 0 Å². The highest BCUT2D eigenvalue weighted by atomic mass is 16.5. The van der Waals surface area contributed by atoms with Gasteiger partial charge >= 0.3 is 5.97 Å². The molecule has 0 bridgehead atoms. The zero-order valence-electron chi connectivity index (χ0n) is 12.0. The van der Waals surface area contributed by atoms with Gasteiger partial charge in [0.05, 0.1) is 6.54 Å². The van der Waals surface area contributed by atoms with E-state index in [9.17, 15) is 14.4 Å². The van der Waals surface area contributed by atoms with Crippen LogP contribution in [0.4, 0.5) is 0 Å². The summed E-state index contributed by atoms with van der Waals surface area (Å²) < 4.78 is 5.13. The molecule has 3 N–H and O–H groups in total. The highest BCUT2D eigenvalue weighted by molar-refractivity contribution is 5.84. The van der Waals surface area contributed by atoms with Crippen LogP contribution in [-0.4, -0.2) is 24.3 Å². The summed E-state index contributed by atoms with van der Waals surface area (Å²) in [5.41, 5.74) is 5.83. The van der Waals surface area contributed by atoms with E-state index in [2.05, 4.69) is 5.32 Å². The van der Waals surface area contributed by atoms with Crippen LogP contribution in [0.25, 0.3) is 0 Å². The highest BCUT2D eigenvalue weighted by Crippen LogP contribution is 2.10. The molecule has 21 heavy (non-hydrogen) atoms. The maximum Gasteiger partial charge on any atom is 0.306 e. The summed E-state index contributed by atoms with van der Waals surface area (Å²) in [6.45, 7) is 1.80. The van der Waals surface area contributed by atoms with Gasteiger partial charge in [0.1, 0.15) is 6.61 Å². The second-order valence-electron chi connectivity index (χ2n) is 4.90. The van der Waals surface area contributed by atoms with E-state index in [1.54, 1.807) is 6.92 Å². The second kappa shape index (κ2) is 8.73. The lowest BCUT2D eigenvalue weighted by molar-refractivity contribution is -0.146. The zero-order chi connectivity index (χ0) is 15.7. The molecular weight excluding hydrogens is 272 g/mol. The molecule has 0 aliphatic heterocycles. The monoisotopic (exact) mass is 292 g/mol. The smallest absolute Gasteiger partial charge is 0.306 e. The van der Waals surface area contributed by atoms with Crippen LogP contribution in [-0.2, 0) is 25.7 Å². The molecule has 0 spiro atoms. The van der Waals surface area contributed by atoms with E-state index in [-0.39, 0.29) is 43.8 Å². The van der Waals surface area contributed by atoms with Crippen LogP contribution in [0.15, 0.2) is 30.3 Å². The Hall–Kier alpha value is -2.37. The quantitative estimate of drug-likeness (QED) is 0.691. The lowest BCUT2D eigenvalue weighted by Gasteiger charge is -2.11. The number of hydrogen-bond acceptors (Lipinski definition) is 4. The van der Waals surface area contributed by atoms with E-state index >= 15 is 0 Å². The molecule has 0 aliphatic carbocycles. The first-order valence-electron chi connectivity index (χ1n) is 6.72. The Kier molecular flexibility index (Phi) is 6.94. The van der Waals surface area contributed by atoms with E-state index in [0.717, 1.165) is 5.56 Å². The molecule has 0 radical (unpaired) electrons. The first-order valence-corrected chi connectivity index (χ1v) is 6.72. The van der Waals surface area contributed by atoms with Crippen molar-refractivity contribution in [3.8, 4) is 0 Å². The second-order valence-corrected chi connectivity index (χ2v) is 4.90. The third kappa shape index (κ3) is 7.71. The number of carbonyl (C=O) groups excluding carboxylic acids is 3. The van der Waals surface area contributed by atoms with Gasteiger partial charge < -0.3 is 15.8 Å². The van der Waals surface area contributed by atoms with E-state index in [1.807, 2.05) is 30.3 Å². The van der Waals surface area contributed by atoms with Crippen LogP contribution < -0.4 is 11.1 Å². The van der Waals surface area contributed by atoms with Crippen LogP contribution in [0.2, 0.25) is 0 Å². The normalized spacial score (nSPS) is 11.5. The Labute approximate surface area is 123 Å². The minimum atomic E-state index is -0.599. The minimum Gasteiger partial charge on any atom is -0.461 e. The summed E-state index contributed by atoms with van der Waals surface area (Å²) in [4.78, 5) is 33.6. The van der Waals surface area contributed by atoms with Crippen molar-refractivity contribution in [1.29, 1.82) is 0 Å². The van der Waals surface area contributed by atoms with Crippen molar-refractivity contribution in [3.05, 3.63) is 35.9 Å². The van der Waals surface area contributed by atoms with Crippen LogP contribution >= 0.6 is 0 Å². The molecule has 114 valence electrons. The summed E-state index contributed by atoms with van der Waals surface area (Å²) in [6, 6.07) is 9.36. The number of hydrogen-bond donors (Lipinski definition) is 2. The van der Waals surface area contributed by atoms with E-state index in [0.29, 0.717) is 0 Å². The number of ether oxygens (including phenoxy) is 1. The maximum atomic E-state index is 11.6. The molecule has 6 heteroatoms. The topological polar surface area (TPSA) is 98.5 Å². The van der Waals surface area contributed by atoms with Crippen molar-refractivity contribution in [2.45, 2.75) is 26.4 Å². The van der Waals surface area contributed by atoms with E-state index in [4.69, 9.17) is 10.5 Å². The van der Waals surface area contributed by atoms with Crippen molar-refractivity contribution >= 4 is 17.8 Å². The third-order valence-electron chi connectivity index (χ3n) is 2.75. The van der Waals surface area contributed by atoms with Gasteiger partial charge in [-0.25, -0.2) is 0 Å². The number of carbonyl (C=O) groups is 3. The molecule has 0 aromatic heterocycles. The lowest BCUT2D eigenvalue weighted by Crippen LogP contribution is -2.34. The minimum absolute atomic E-state index is 0.147. The number of primary amides is 1. The van der Waals surface area contributed by atoms with Gasteiger partial charge in [0.15, 0.2) is 0 Å². The van der Waals surface area contributed by atoms with Gasteiger partial charge in [-0.3, -0.25) is 14.4 Å². The number of nitrogens with two attached hydrogens (primary N) is 1. The standard InChI is InChI=1S/C15H20N2O4/c1-11(7-14(19)17-9-13(16)18)8-15(20)21-10-12-5-3-2-4-6-12/h2-6,11H,7-10H2,1H3,(H2,16,18)(H,17,19). The van der Waals surface area contributed by atoms with E-state index < -0.39 is 5.91 Å². The number of benzene rings is 1. The molecule has 1 aromatic rings. The van der Waals surface area contributed by atoms with Crippen LogP contribution in [0, 0.1) is 5.92 Å². The molecule has 1 atom stereocenters. The maximum absolute atomic E-state index is 11.6. The lowest BCUT2D eigenvalue weighted by atomic mass is 10.0. The van der Waals surface area contributed by atoms with Crippen molar-refractivity contribution < 1.29 is 19.1 Å². The van der Waals surface area contributed by atoms with Gasteiger partial charge in [-0.1, -0.05) is 37.3 Å². The Morgan fingerprint density at radius 1 is 1.19 bits per heavy atom. The fraction of sp³-hybridized carbons (Fsp3) is 0.400. The fourth-order valence-corrected chi connectivity index (χ4v) is 1.73. The van der Waals surface area contributed by atoms with Crippen molar-refractivity contribution in [3.63, 3.8) is 0 Å². The van der Waals surface area contributed by atoms with Gasteiger partial charge in [0.2, 0.25) is 11.8 Å². The molecule has 0 fully saturated rings. The molecule has 0 heterocycles. The predicted molar refractivity (Wildman–Crippen MR) is 76.8 cm³/mol. The molecule has 1 unspecified atom stereocenters.